The maximum Gasteiger partial charge on any atom is 3.00 e. The van der Waals surface area contributed by atoms with Crippen molar-refractivity contribution in [2.24, 2.45) is 5.92 Å². The van der Waals surface area contributed by atoms with Crippen molar-refractivity contribution in [3.8, 4) is 0 Å². The Bertz CT molecular complexity index is 215. The average Bonchev–Trinajstić information content (AvgIpc) is 2.37. The van der Waals surface area contributed by atoms with E-state index in [1.807, 2.05) is 0 Å². The van der Waals surface area contributed by atoms with Crippen molar-refractivity contribution in [3.63, 3.8) is 0 Å². The predicted molar refractivity (Wildman–Crippen MR) is 49.9 cm³/mol. The van der Waals surface area contributed by atoms with Crippen molar-refractivity contribution >= 4 is 0 Å². The van der Waals surface area contributed by atoms with Gasteiger partial charge in [0.2, 0.25) is 0 Å². The van der Waals surface area contributed by atoms with Gasteiger partial charge in [0.25, 0.3) is 0 Å². The molecule has 0 heterocycles. The molecule has 3 heteroatoms. The van der Waals surface area contributed by atoms with Gasteiger partial charge in [-0.25, -0.2) is 12.1 Å². The first kappa shape index (κ1) is 20.3. The summed E-state index contributed by atoms with van der Waals surface area (Å²) in [5.74, 6) is 0.699. The summed E-state index contributed by atoms with van der Waals surface area (Å²) in [6, 6.07) is 8.64. The summed E-state index contributed by atoms with van der Waals surface area (Å²) in [5, 5.41) is 0. The van der Waals surface area contributed by atoms with Crippen molar-refractivity contribution in [3.05, 3.63) is 29.8 Å². The number of hydrogen-bond acceptors (Lipinski definition) is 0. The van der Waals surface area contributed by atoms with Gasteiger partial charge in [-0.05, 0) is 5.92 Å². The molecular weight excluding hydrogens is 294 g/mol. The van der Waals surface area contributed by atoms with Crippen LogP contribution in [-0.4, -0.2) is 0 Å². The fraction of sp³-hybridized carbons (Fsp3) is 0.545. The Labute approximate surface area is 119 Å². The average molecular weight is 311 g/mol. The molecule has 1 rings (SSSR count). The minimum atomic E-state index is 0. The van der Waals surface area contributed by atoms with Crippen LogP contribution in [0, 0.1) is 5.92 Å². The minimum Gasteiger partial charge on any atom is -1.00 e. The molecule has 0 nitrogen and oxygen atoms in total. The second-order valence-corrected chi connectivity index (χ2v) is 4.05. The molecule has 0 aliphatic carbocycles. The number of rotatable bonds is 2. The molecule has 0 saturated heterocycles. The topological polar surface area (TPSA) is 0 Å². The minimum absolute atomic E-state index is 0. The first-order valence-electron chi connectivity index (χ1n) is 4.27. The Kier molecular flexibility index (Phi) is 11.6. The molecule has 79 valence electrons. The van der Waals surface area contributed by atoms with Crippen molar-refractivity contribution in [1.82, 2.24) is 0 Å². The normalized spacial score (nSPS) is 9.79. The van der Waals surface area contributed by atoms with E-state index in [4.69, 9.17) is 0 Å². The van der Waals surface area contributed by atoms with E-state index in [1.54, 1.807) is 0 Å². The molecule has 0 spiro atoms. The summed E-state index contributed by atoms with van der Waals surface area (Å²) < 4.78 is 0. The molecule has 1 radical (unpaired) electrons. The van der Waals surface area contributed by atoms with Gasteiger partial charge in [-0.3, -0.25) is 0 Å². The van der Waals surface area contributed by atoms with Crippen LogP contribution in [0.15, 0.2) is 24.3 Å². The van der Waals surface area contributed by atoms with Gasteiger partial charge in [0.1, 0.15) is 0 Å². The third kappa shape index (κ3) is 4.55. The molecule has 0 saturated carbocycles. The van der Waals surface area contributed by atoms with E-state index in [0.29, 0.717) is 11.3 Å². The zero-order valence-electron chi connectivity index (χ0n) is 9.14. The zero-order valence-corrected chi connectivity index (χ0v) is 13.1. The first-order valence-corrected chi connectivity index (χ1v) is 4.27. The fourth-order valence-electron chi connectivity index (χ4n) is 1.14. The van der Waals surface area contributed by atoms with Crippen LogP contribution in [0.4, 0.5) is 0 Å². The molecule has 0 unspecified atom stereocenters. The zero-order chi connectivity index (χ0) is 8.48. The van der Waals surface area contributed by atoms with E-state index in [-0.39, 0.29) is 51.0 Å². The molecule has 1 aromatic rings. The van der Waals surface area contributed by atoms with Crippen molar-refractivity contribution in [1.29, 1.82) is 0 Å². The second-order valence-electron chi connectivity index (χ2n) is 4.05. The fourth-order valence-corrected chi connectivity index (χ4v) is 1.14. The molecule has 0 N–H and O–H groups in total. The third-order valence-electron chi connectivity index (χ3n) is 2.85. The van der Waals surface area contributed by atoms with Gasteiger partial charge >= 0.3 is 26.2 Å². The second kappa shape index (κ2) is 8.02. The van der Waals surface area contributed by atoms with Crippen LogP contribution < -0.4 is 24.8 Å². The standard InChI is InChI=1S/C11H17.2ClH.Zr/c1-9(2)11(3,4)10-7-5-6-8-10;;;/h5-9H,1-4H3;2*1H;/q-1;;;+3/p-2. The Balaban J connectivity index is -0.000000403. The van der Waals surface area contributed by atoms with Gasteiger partial charge in [0.15, 0.2) is 0 Å². The molecule has 1 aromatic carbocycles. The van der Waals surface area contributed by atoms with E-state index < -0.39 is 0 Å². The molecular formula is C11H17Cl2Zr. The first-order chi connectivity index (χ1) is 5.05. The van der Waals surface area contributed by atoms with E-state index >= 15 is 0 Å². The molecule has 0 fully saturated rings. The van der Waals surface area contributed by atoms with Gasteiger partial charge < -0.3 is 24.8 Å². The number of hydrogen-bond donors (Lipinski definition) is 0. The van der Waals surface area contributed by atoms with Crippen LogP contribution >= 0.6 is 0 Å². The van der Waals surface area contributed by atoms with E-state index in [9.17, 15) is 0 Å². The maximum absolute atomic E-state index is 2.30. The van der Waals surface area contributed by atoms with Crippen LogP contribution in [-0.2, 0) is 31.6 Å². The van der Waals surface area contributed by atoms with Gasteiger partial charge in [-0.2, -0.15) is 17.7 Å². The third-order valence-corrected chi connectivity index (χ3v) is 2.85. The summed E-state index contributed by atoms with van der Waals surface area (Å²) in [4.78, 5) is 0. The summed E-state index contributed by atoms with van der Waals surface area (Å²) >= 11 is 0. The van der Waals surface area contributed by atoms with Crippen LogP contribution in [0.2, 0.25) is 0 Å². The summed E-state index contributed by atoms with van der Waals surface area (Å²) in [6.45, 7) is 9.14. The molecule has 14 heavy (non-hydrogen) atoms. The Morgan fingerprint density at radius 2 is 1.36 bits per heavy atom. The van der Waals surface area contributed by atoms with Crippen molar-refractivity contribution in [2.45, 2.75) is 33.1 Å². The van der Waals surface area contributed by atoms with E-state index in [2.05, 4.69) is 52.0 Å². The molecule has 0 aliphatic heterocycles. The summed E-state index contributed by atoms with van der Waals surface area (Å²) in [5.41, 5.74) is 1.77. The smallest absolute Gasteiger partial charge is 1.00 e. The Morgan fingerprint density at radius 3 is 1.64 bits per heavy atom. The Morgan fingerprint density at radius 1 is 1.00 bits per heavy atom. The van der Waals surface area contributed by atoms with Gasteiger partial charge in [0, 0.05) is 0 Å². The molecule has 0 aliphatic rings. The van der Waals surface area contributed by atoms with Gasteiger partial charge in [-0.15, -0.1) is 0 Å². The van der Waals surface area contributed by atoms with E-state index in [1.165, 1.54) is 5.56 Å². The largest absolute Gasteiger partial charge is 3.00 e. The van der Waals surface area contributed by atoms with Crippen LogP contribution in [0.25, 0.3) is 0 Å². The summed E-state index contributed by atoms with van der Waals surface area (Å²) in [6.07, 6.45) is 0. The molecule has 0 amide bonds. The summed E-state index contributed by atoms with van der Waals surface area (Å²) in [7, 11) is 0. The van der Waals surface area contributed by atoms with Crippen LogP contribution in [0.5, 0.6) is 0 Å². The molecule has 0 bridgehead atoms. The van der Waals surface area contributed by atoms with Crippen LogP contribution in [0.1, 0.15) is 33.3 Å². The Hall–Kier alpha value is 0.813. The monoisotopic (exact) mass is 309 g/mol. The number of halogens is 2. The van der Waals surface area contributed by atoms with Gasteiger partial charge in [-0.1, -0.05) is 33.1 Å². The quantitative estimate of drug-likeness (QED) is 0.523. The maximum atomic E-state index is 2.30. The van der Waals surface area contributed by atoms with Crippen molar-refractivity contribution in [2.75, 3.05) is 0 Å². The van der Waals surface area contributed by atoms with Crippen molar-refractivity contribution < 1.29 is 51.0 Å². The van der Waals surface area contributed by atoms with Crippen LogP contribution in [0.3, 0.4) is 0 Å². The van der Waals surface area contributed by atoms with Gasteiger partial charge in [0.05, 0.1) is 0 Å². The van der Waals surface area contributed by atoms with E-state index in [0.717, 1.165) is 0 Å². The predicted octanol–water partition coefficient (Wildman–Crippen LogP) is -2.66. The molecule has 0 aromatic heterocycles. The molecule has 0 atom stereocenters. The SMILES string of the molecule is CC(C)C(C)(C)[c-]1cccc1.[Cl-].[Cl-].[Zr+3].